The van der Waals surface area contributed by atoms with Gasteiger partial charge in [-0.25, -0.2) is 0 Å². The van der Waals surface area contributed by atoms with Crippen LogP contribution in [0.5, 0.6) is 0 Å². The van der Waals surface area contributed by atoms with Gasteiger partial charge in [-0.1, -0.05) is 0 Å². The van der Waals surface area contributed by atoms with Gasteiger partial charge >= 0.3 is 0 Å². The number of piperidine rings is 1. The van der Waals surface area contributed by atoms with Gasteiger partial charge in [0.2, 0.25) is 0 Å². The van der Waals surface area contributed by atoms with E-state index >= 15 is 0 Å². The summed E-state index contributed by atoms with van der Waals surface area (Å²) in [5.74, 6) is 0.874. The topological polar surface area (TPSA) is 51.6 Å². The third-order valence-corrected chi connectivity index (χ3v) is 3.07. The lowest BCUT2D eigenvalue weighted by molar-refractivity contribution is -0.00478. The van der Waals surface area contributed by atoms with Gasteiger partial charge in [-0.05, 0) is 26.0 Å². The Bertz CT molecular complexity index is 317. The molecule has 0 unspecified atom stereocenters. The summed E-state index contributed by atoms with van der Waals surface area (Å²) in [5.41, 5.74) is 6.54. The average Bonchev–Trinajstić information content (AvgIpc) is 2.76. The normalized spacial score (nSPS) is 19.1. The first-order chi connectivity index (χ1) is 7.78. The van der Waals surface area contributed by atoms with Gasteiger partial charge in [-0.2, -0.15) is 0 Å². The van der Waals surface area contributed by atoms with Crippen molar-refractivity contribution in [1.29, 1.82) is 0 Å². The van der Waals surface area contributed by atoms with Crippen LogP contribution in [0.1, 0.15) is 24.2 Å². The summed E-state index contributed by atoms with van der Waals surface area (Å²) >= 11 is 0. The highest BCUT2D eigenvalue weighted by Crippen LogP contribution is 2.15. The van der Waals surface area contributed by atoms with Crippen molar-refractivity contribution >= 4 is 0 Å². The second-order valence-corrected chi connectivity index (χ2v) is 4.44. The molecule has 2 N–H and O–H groups in total. The summed E-state index contributed by atoms with van der Waals surface area (Å²) in [6.07, 6.45) is 4.30. The summed E-state index contributed by atoms with van der Waals surface area (Å²) in [4.78, 5) is 2.33. The van der Waals surface area contributed by atoms with Gasteiger partial charge in [0.05, 0.1) is 12.4 Å². The Morgan fingerprint density at radius 3 is 2.88 bits per heavy atom. The maximum absolute atomic E-state index is 5.81. The van der Waals surface area contributed by atoms with Crippen LogP contribution in [0.2, 0.25) is 0 Å². The lowest BCUT2D eigenvalue weighted by Gasteiger charge is -2.28. The predicted molar refractivity (Wildman–Crippen MR) is 61.9 cm³/mol. The van der Waals surface area contributed by atoms with E-state index in [9.17, 15) is 0 Å². The van der Waals surface area contributed by atoms with Gasteiger partial charge in [0.1, 0.15) is 12.4 Å². The molecule has 1 aromatic rings. The van der Waals surface area contributed by atoms with Crippen LogP contribution in [-0.4, -0.2) is 31.1 Å². The Kier molecular flexibility index (Phi) is 3.98. The fourth-order valence-corrected chi connectivity index (χ4v) is 1.96. The van der Waals surface area contributed by atoms with Crippen molar-refractivity contribution in [2.24, 2.45) is 5.73 Å². The molecule has 1 aromatic heterocycles. The van der Waals surface area contributed by atoms with Crippen molar-refractivity contribution in [1.82, 2.24) is 4.90 Å². The van der Waals surface area contributed by atoms with Crippen LogP contribution in [0.3, 0.4) is 0 Å². The largest absolute Gasteiger partial charge is 0.467 e. The second-order valence-electron chi connectivity index (χ2n) is 4.44. The van der Waals surface area contributed by atoms with Crippen molar-refractivity contribution in [2.75, 3.05) is 20.1 Å². The van der Waals surface area contributed by atoms with Gasteiger partial charge in [0.25, 0.3) is 0 Å². The number of furan rings is 1. The van der Waals surface area contributed by atoms with Gasteiger partial charge in [0.15, 0.2) is 0 Å². The van der Waals surface area contributed by atoms with E-state index in [-0.39, 0.29) is 0 Å². The molecule has 0 aromatic carbocycles. The molecule has 0 atom stereocenters. The Balaban J connectivity index is 1.74. The molecule has 0 aliphatic carbocycles. The summed E-state index contributed by atoms with van der Waals surface area (Å²) in [6, 6.07) is 1.97. The molecule has 1 aliphatic heterocycles. The third kappa shape index (κ3) is 3.07. The molecule has 0 radical (unpaired) electrons. The zero-order chi connectivity index (χ0) is 11.4. The van der Waals surface area contributed by atoms with E-state index in [1.165, 1.54) is 0 Å². The first kappa shape index (κ1) is 11.6. The van der Waals surface area contributed by atoms with Crippen LogP contribution < -0.4 is 5.73 Å². The number of nitrogens with zero attached hydrogens (tertiary/aromatic N) is 1. The molecule has 0 bridgehead atoms. The number of rotatable bonds is 4. The average molecular weight is 224 g/mol. The molecule has 2 heterocycles. The van der Waals surface area contributed by atoms with E-state index in [0.29, 0.717) is 19.3 Å². The number of ether oxygens (including phenoxy) is 1. The van der Waals surface area contributed by atoms with Crippen LogP contribution in [-0.2, 0) is 17.9 Å². The SMILES string of the molecule is CN1CCC(OCc2cc(CN)co2)CC1. The third-order valence-electron chi connectivity index (χ3n) is 3.07. The van der Waals surface area contributed by atoms with E-state index in [4.69, 9.17) is 14.9 Å². The second kappa shape index (κ2) is 5.48. The fourth-order valence-electron chi connectivity index (χ4n) is 1.96. The van der Waals surface area contributed by atoms with Crippen molar-refractivity contribution < 1.29 is 9.15 Å². The highest BCUT2D eigenvalue weighted by atomic mass is 16.5. The molecule has 0 amide bonds. The van der Waals surface area contributed by atoms with E-state index in [1.807, 2.05) is 6.07 Å². The molecule has 16 heavy (non-hydrogen) atoms. The van der Waals surface area contributed by atoms with Crippen molar-refractivity contribution in [3.63, 3.8) is 0 Å². The van der Waals surface area contributed by atoms with Gasteiger partial charge < -0.3 is 19.8 Å². The first-order valence-electron chi connectivity index (χ1n) is 5.84. The molecule has 1 fully saturated rings. The molecule has 90 valence electrons. The molecule has 4 nitrogen and oxygen atoms in total. The van der Waals surface area contributed by atoms with Gasteiger partial charge in [-0.15, -0.1) is 0 Å². The predicted octanol–water partition coefficient (Wildman–Crippen LogP) is 1.35. The number of likely N-dealkylation sites (tertiary alicyclic amines) is 1. The molecule has 2 rings (SSSR count). The van der Waals surface area contributed by atoms with Crippen LogP contribution in [0, 0.1) is 0 Å². The molecular weight excluding hydrogens is 204 g/mol. The summed E-state index contributed by atoms with van der Waals surface area (Å²) in [5, 5.41) is 0. The summed E-state index contributed by atoms with van der Waals surface area (Å²) in [6.45, 7) is 3.33. The Morgan fingerprint density at radius 2 is 2.25 bits per heavy atom. The Hall–Kier alpha value is -0.840. The lowest BCUT2D eigenvalue weighted by Crippen LogP contribution is -2.34. The molecule has 0 saturated carbocycles. The van der Waals surface area contributed by atoms with E-state index in [2.05, 4.69) is 11.9 Å². The monoisotopic (exact) mass is 224 g/mol. The Labute approximate surface area is 96.4 Å². The van der Waals surface area contributed by atoms with Crippen molar-refractivity contribution in [2.45, 2.75) is 32.1 Å². The minimum absolute atomic E-state index is 0.377. The van der Waals surface area contributed by atoms with Crippen molar-refractivity contribution in [3.8, 4) is 0 Å². The highest BCUT2D eigenvalue weighted by Gasteiger charge is 2.17. The number of hydrogen-bond donors (Lipinski definition) is 1. The quantitative estimate of drug-likeness (QED) is 0.838. The maximum Gasteiger partial charge on any atom is 0.129 e. The zero-order valence-electron chi connectivity index (χ0n) is 9.82. The van der Waals surface area contributed by atoms with E-state index in [1.54, 1.807) is 6.26 Å². The molecular formula is C12H20N2O2. The smallest absolute Gasteiger partial charge is 0.129 e. The fraction of sp³-hybridized carbons (Fsp3) is 0.667. The van der Waals surface area contributed by atoms with Crippen LogP contribution in [0.15, 0.2) is 16.7 Å². The highest BCUT2D eigenvalue weighted by molar-refractivity contribution is 5.11. The maximum atomic E-state index is 5.81. The number of nitrogens with two attached hydrogens (primary N) is 1. The van der Waals surface area contributed by atoms with E-state index in [0.717, 1.165) is 37.3 Å². The van der Waals surface area contributed by atoms with Crippen molar-refractivity contribution in [3.05, 3.63) is 23.7 Å². The summed E-state index contributed by atoms with van der Waals surface area (Å²) < 4.78 is 11.2. The minimum atomic E-state index is 0.377. The van der Waals surface area contributed by atoms with E-state index < -0.39 is 0 Å². The Morgan fingerprint density at radius 1 is 1.50 bits per heavy atom. The molecule has 1 saturated heterocycles. The lowest BCUT2D eigenvalue weighted by atomic mass is 10.1. The van der Waals surface area contributed by atoms with Crippen LogP contribution in [0.4, 0.5) is 0 Å². The first-order valence-corrected chi connectivity index (χ1v) is 5.84. The molecule has 4 heteroatoms. The zero-order valence-corrected chi connectivity index (χ0v) is 9.82. The van der Waals surface area contributed by atoms with Gasteiger partial charge in [-0.3, -0.25) is 0 Å². The van der Waals surface area contributed by atoms with Gasteiger partial charge in [0, 0.05) is 25.2 Å². The standard InChI is InChI=1S/C12H20N2O2/c1-14-4-2-11(3-5-14)16-9-12-6-10(7-13)8-15-12/h6,8,11H,2-5,7,9,13H2,1H3. The number of hydrogen-bond acceptors (Lipinski definition) is 4. The molecule has 1 aliphatic rings. The molecule has 0 spiro atoms. The van der Waals surface area contributed by atoms with Crippen LogP contribution in [0.25, 0.3) is 0 Å². The summed E-state index contributed by atoms with van der Waals surface area (Å²) in [7, 11) is 2.15. The minimum Gasteiger partial charge on any atom is -0.467 e. The van der Waals surface area contributed by atoms with Crippen LogP contribution >= 0.6 is 0 Å².